The fraction of sp³-hybridized carbons (Fsp3) is 0.429. The molecule has 1 heterocycles. The lowest BCUT2D eigenvalue weighted by Gasteiger charge is -2.10. The maximum atomic E-state index is 13.1. The number of aliphatic hydroxyl groups excluding tert-OH is 1. The minimum absolute atomic E-state index is 0.00605. The lowest BCUT2D eigenvalue weighted by atomic mass is 10.1. The topological polar surface area (TPSA) is 59.4 Å². The summed E-state index contributed by atoms with van der Waals surface area (Å²) >= 11 is 1.61. The van der Waals surface area contributed by atoms with E-state index in [9.17, 15) is 13.6 Å². The fourth-order valence-electron chi connectivity index (χ4n) is 3.16. The number of hydrogen-bond donors (Lipinski definition) is 1. The van der Waals surface area contributed by atoms with E-state index in [1.165, 1.54) is 23.9 Å². The molecule has 0 aliphatic heterocycles. The molecule has 0 saturated carbocycles. The Balaban J connectivity index is 0.000000341. The molecule has 0 amide bonds. The maximum absolute atomic E-state index is 13.1. The highest BCUT2D eigenvalue weighted by atomic mass is 32.1. The summed E-state index contributed by atoms with van der Waals surface area (Å²) in [5, 5.41) is 9.48. The van der Waals surface area contributed by atoms with Gasteiger partial charge in [0.1, 0.15) is 17.4 Å². The molecule has 1 aromatic heterocycles. The Morgan fingerprint density at radius 1 is 1.11 bits per heavy atom. The van der Waals surface area contributed by atoms with Gasteiger partial charge < -0.3 is 9.84 Å². The number of benzene rings is 2. The number of Topliss-reactive ketones (excluding diaryl/α,β-unsaturated/α-hetero) is 1. The Morgan fingerprint density at radius 3 is 2.14 bits per heavy atom. The van der Waals surface area contributed by atoms with Gasteiger partial charge in [0.2, 0.25) is 0 Å². The summed E-state index contributed by atoms with van der Waals surface area (Å²) < 4.78 is 31.6. The van der Waals surface area contributed by atoms with Crippen molar-refractivity contribution in [2.24, 2.45) is 0 Å². The monoisotopic (exact) mass is 505 g/mol. The van der Waals surface area contributed by atoms with Crippen LogP contribution in [0.4, 0.5) is 8.78 Å². The Morgan fingerprint density at radius 2 is 1.71 bits per heavy atom. The smallest absolute Gasteiger partial charge is 0.270 e. The number of thiazole rings is 1. The minimum Gasteiger partial charge on any atom is -0.491 e. The number of ether oxygens (including phenoxy) is 1. The number of hydrogen-bond acceptors (Lipinski definition) is 5. The number of halogens is 2. The summed E-state index contributed by atoms with van der Waals surface area (Å²) in [6.07, 6.45) is 0. The molecule has 4 nitrogen and oxygen atoms in total. The molecular weight excluding hydrogens is 468 g/mol. The van der Waals surface area contributed by atoms with E-state index in [0.717, 1.165) is 28.8 Å². The van der Waals surface area contributed by atoms with Crippen LogP contribution in [0, 0.1) is 13.8 Å². The van der Waals surface area contributed by atoms with Crippen molar-refractivity contribution in [2.75, 3.05) is 13.2 Å². The molecular formula is C28H37F2NO3S. The largest absolute Gasteiger partial charge is 0.491 e. The molecule has 3 aromatic rings. The van der Waals surface area contributed by atoms with Crippen molar-refractivity contribution in [2.45, 2.75) is 67.2 Å². The van der Waals surface area contributed by atoms with Gasteiger partial charge in [-0.15, -0.1) is 11.3 Å². The first kappa shape index (κ1) is 30.4. The summed E-state index contributed by atoms with van der Waals surface area (Å²) in [5.74, 6) is -1.66. The lowest BCUT2D eigenvalue weighted by molar-refractivity contribution is 0.0175. The van der Waals surface area contributed by atoms with Crippen LogP contribution < -0.4 is 4.74 Å². The van der Waals surface area contributed by atoms with Crippen LogP contribution in [-0.4, -0.2) is 29.1 Å². The van der Waals surface area contributed by atoms with Gasteiger partial charge in [-0.3, -0.25) is 4.79 Å². The molecule has 0 aliphatic carbocycles. The summed E-state index contributed by atoms with van der Waals surface area (Å²) in [5.41, 5.74) is 3.61. The normalized spacial score (nSPS) is 10.7. The van der Waals surface area contributed by atoms with Crippen molar-refractivity contribution in [3.8, 4) is 16.3 Å². The van der Waals surface area contributed by atoms with Gasteiger partial charge in [0, 0.05) is 28.5 Å². The van der Waals surface area contributed by atoms with Gasteiger partial charge >= 0.3 is 0 Å². The number of ketones is 1. The van der Waals surface area contributed by atoms with Crippen molar-refractivity contribution < 1.29 is 23.4 Å². The van der Waals surface area contributed by atoms with Crippen molar-refractivity contribution >= 4 is 17.1 Å². The number of alkyl halides is 2. The Bertz CT molecular complexity index is 1070. The van der Waals surface area contributed by atoms with Crippen molar-refractivity contribution in [3.05, 3.63) is 69.7 Å². The molecule has 1 N–H and O–H groups in total. The molecule has 192 valence electrons. The third kappa shape index (κ3) is 9.15. The van der Waals surface area contributed by atoms with Crippen LogP contribution in [0.3, 0.4) is 0 Å². The van der Waals surface area contributed by atoms with Gasteiger partial charge in [0.05, 0.1) is 12.3 Å². The van der Waals surface area contributed by atoms with E-state index in [1.54, 1.807) is 41.7 Å². The number of nitrogens with zero attached hydrogens (tertiary/aromatic N) is 1. The van der Waals surface area contributed by atoms with Crippen LogP contribution in [0.1, 0.15) is 79.5 Å². The highest BCUT2D eigenvalue weighted by molar-refractivity contribution is 7.15. The molecule has 3 rings (SSSR count). The van der Waals surface area contributed by atoms with E-state index in [0.29, 0.717) is 17.2 Å². The minimum atomic E-state index is -2.79. The fourth-order valence-corrected chi connectivity index (χ4v) is 4.23. The van der Waals surface area contributed by atoms with Gasteiger partial charge in [0.15, 0.2) is 5.78 Å². The molecule has 35 heavy (non-hydrogen) atoms. The van der Waals surface area contributed by atoms with Crippen LogP contribution in [0.15, 0.2) is 42.5 Å². The highest BCUT2D eigenvalue weighted by Gasteiger charge is 2.24. The second kappa shape index (κ2) is 14.0. The van der Waals surface area contributed by atoms with E-state index in [-0.39, 0.29) is 24.6 Å². The lowest BCUT2D eigenvalue weighted by Crippen LogP contribution is -2.06. The van der Waals surface area contributed by atoms with Crippen LogP contribution in [0.5, 0.6) is 5.75 Å². The number of aromatic nitrogens is 1. The first-order valence-corrected chi connectivity index (χ1v) is 12.6. The average Bonchev–Trinajstić information content (AvgIpc) is 3.21. The average molecular weight is 506 g/mol. The molecule has 7 heteroatoms. The third-order valence-corrected chi connectivity index (χ3v) is 5.98. The molecule has 2 aromatic carbocycles. The van der Waals surface area contributed by atoms with Gasteiger partial charge in [-0.1, -0.05) is 52.0 Å². The molecule has 0 aliphatic rings. The van der Waals surface area contributed by atoms with Gasteiger partial charge in [-0.25, -0.2) is 13.8 Å². The zero-order chi connectivity index (χ0) is 26.8. The molecule has 0 saturated heterocycles. The number of carbonyl (C=O) groups excluding carboxylic acids is 1. The number of aliphatic hydroxyl groups is 1. The van der Waals surface area contributed by atoms with Gasteiger partial charge in [0.25, 0.3) is 5.92 Å². The van der Waals surface area contributed by atoms with E-state index >= 15 is 0 Å². The van der Waals surface area contributed by atoms with E-state index < -0.39 is 5.92 Å². The number of rotatable bonds is 7. The van der Waals surface area contributed by atoms with Crippen LogP contribution >= 0.6 is 11.3 Å². The number of carbonyl (C=O) groups is 1. The molecule has 0 fully saturated rings. The highest BCUT2D eigenvalue weighted by Crippen LogP contribution is 2.33. The molecule has 0 atom stereocenters. The zero-order valence-electron chi connectivity index (χ0n) is 21.9. The zero-order valence-corrected chi connectivity index (χ0v) is 22.7. The van der Waals surface area contributed by atoms with Crippen molar-refractivity contribution in [1.82, 2.24) is 4.98 Å². The first-order valence-electron chi connectivity index (χ1n) is 11.7. The summed E-state index contributed by atoms with van der Waals surface area (Å²) in [6, 6.07) is 11.6. The second-order valence-electron chi connectivity index (χ2n) is 8.19. The molecule has 0 bridgehead atoms. The second-order valence-corrected chi connectivity index (χ2v) is 9.39. The standard InChI is InChI=1S/C15H17F2NS.C11H14O3.C2H6/c1-9(2)13-10(3)19-14(18-13)11-5-7-12(8-6-11)15(4,16)17;1-8-7-10(9(2)13)3-4-11(8)14-6-5-12;1-2/h5-9H,1-4H3;3-4,7,12H,5-6H2,1-2H3;1-2H3. The van der Waals surface area contributed by atoms with Gasteiger partial charge in [-0.05, 0) is 50.5 Å². The Kier molecular flexibility index (Phi) is 12.2. The van der Waals surface area contributed by atoms with Crippen LogP contribution in [0.25, 0.3) is 10.6 Å². The Hall–Kier alpha value is -2.64. The summed E-state index contributed by atoms with van der Waals surface area (Å²) in [7, 11) is 0. The summed E-state index contributed by atoms with van der Waals surface area (Å²) in [4.78, 5) is 16.8. The number of aryl methyl sites for hydroxylation is 2. The van der Waals surface area contributed by atoms with Crippen LogP contribution in [0.2, 0.25) is 0 Å². The van der Waals surface area contributed by atoms with Crippen molar-refractivity contribution in [1.29, 1.82) is 0 Å². The Labute approximate surface area is 212 Å². The predicted molar refractivity (Wildman–Crippen MR) is 141 cm³/mol. The van der Waals surface area contributed by atoms with E-state index in [1.807, 2.05) is 27.7 Å². The van der Waals surface area contributed by atoms with Gasteiger partial charge in [-0.2, -0.15) is 0 Å². The summed E-state index contributed by atoms with van der Waals surface area (Å²) in [6.45, 7) is 14.8. The third-order valence-electron chi connectivity index (χ3n) is 4.95. The first-order chi connectivity index (χ1) is 16.4. The van der Waals surface area contributed by atoms with Crippen LogP contribution in [-0.2, 0) is 5.92 Å². The quantitative estimate of drug-likeness (QED) is 0.331. The molecule has 0 unspecified atom stereocenters. The van der Waals surface area contributed by atoms with Crippen molar-refractivity contribution in [3.63, 3.8) is 0 Å². The van der Waals surface area contributed by atoms with E-state index in [2.05, 4.69) is 18.8 Å². The van der Waals surface area contributed by atoms with E-state index in [4.69, 9.17) is 9.84 Å². The maximum Gasteiger partial charge on any atom is 0.270 e. The molecule has 0 spiro atoms. The predicted octanol–water partition coefficient (Wildman–Crippen LogP) is 7.95. The SMILES string of the molecule is CC.CC(=O)c1ccc(OCCO)c(C)c1.Cc1sc(-c2ccc(C(C)(F)F)cc2)nc1C(C)C. The molecule has 0 radical (unpaired) electrons.